The van der Waals surface area contributed by atoms with Gasteiger partial charge in [0.2, 0.25) is 0 Å². The molecule has 0 bridgehead atoms. The summed E-state index contributed by atoms with van der Waals surface area (Å²) in [5, 5.41) is 8.03. The van der Waals surface area contributed by atoms with Gasteiger partial charge in [0.1, 0.15) is 0 Å². The lowest BCUT2D eigenvalue weighted by Gasteiger charge is -2.26. The number of nitrogens with zero attached hydrogens (tertiary/aromatic N) is 3. The Morgan fingerprint density at radius 3 is 2.89 bits per heavy atom. The molecule has 1 aromatic heterocycles. The zero-order valence-electron chi connectivity index (χ0n) is 11.5. The second-order valence-corrected chi connectivity index (χ2v) is 5.84. The van der Waals surface area contributed by atoms with Crippen LogP contribution in [0.15, 0.2) is 4.47 Å². The van der Waals surface area contributed by atoms with Crippen molar-refractivity contribution in [3.8, 4) is 0 Å². The molecule has 1 aliphatic rings. The second kappa shape index (κ2) is 6.17. The van der Waals surface area contributed by atoms with Crippen LogP contribution < -0.4 is 5.32 Å². The highest BCUT2D eigenvalue weighted by Gasteiger charge is 2.20. The van der Waals surface area contributed by atoms with Crippen LogP contribution in [0.1, 0.15) is 31.7 Å². The van der Waals surface area contributed by atoms with Crippen molar-refractivity contribution in [1.82, 2.24) is 20.0 Å². The van der Waals surface area contributed by atoms with Gasteiger partial charge >= 0.3 is 0 Å². The minimum atomic E-state index is 0.631. The van der Waals surface area contributed by atoms with Gasteiger partial charge in [-0.15, -0.1) is 0 Å². The predicted octanol–water partition coefficient (Wildman–Crippen LogP) is 1.93. The highest BCUT2D eigenvalue weighted by Crippen LogP contribution is 2.24. The van der Waals surface area contributed by atoms with E-state index in [-0.39, 0.29) is 0 Å². The number of nitrogens with one attached hydrogen (secondary N) is 1. The van der Waals surface area contributed by atoms with Crippen molar-refractivity contribution in [1.29, 1.82) is 0 Å². The van der Waals surface area contributed by atoms with Gasteiger partial charge in [-0.1, -0.05) is 6.92 Å². The van der Waals surface area contributed by atoms with Crippen molar-refractivity contribution in [2.24, 2.45) is 7.05 Å². The first kappa shape index (κ1) is 14.0. The Bertz CT molecular complexity index is 402. The lowest BCUT2D eigenvalue weighted by Crippen LogP contribution is -2.34. The quantitative estimate of drug-likeness (QED) is 0.925. The van der Waals surface area contributed by atoms with Crippen molar-refractivity contribution in [2.45, 2.75) is 39.3 Å². The summed E-state index contributed by atoms with van der Waals surface area (Å²) in [7, 11) is 2.04. The van der Waals surface area contributed by atoms with Crippen LogP contribution in [0, 0.1) is 0 Å². The molecular formula is C13H23BrN4. The Morgan fingerprint density at radius 1 is 1.44 bits per heavy atom. The molecule has 0 saturated carbocycles. The molecule has 5 heteroatoms. The van der Waals surface area contributed by atoms with Gasteiger partial charge in [-0.3, -0.25) is 9.58 Å². The number of halogens is 1. The van der Waals surface area contributed by atoms with E-state index in [9.17, 15) is 0 Å². The summed E-state index contributed by atoms with van der Waals surface area (Å²) in [6.45, 7) is 8.77. The summed E-state index contributed by atoms with van der Waals surface area (Å²) >= 11 is 3.70. The Morgan fingerprint density at radius 2 is 2.22 bits per heavy atom. The van der Waals surface area contributed by atoms with Gasteiger partial charge in [0.15, 0.2) is 0 Å². The van der Waals surface area contributed by atoms with E-state index in [4.69, 9.17) is 0 Å². The molecule has 2 rings (SSSR count). The molecule has 0 amide bonds. The SMILES string of the molecule is CCc1nn(C)c(CN2CCNCCC2C)c1Br. The molecule has 1 atom stereocenters. The Balaban J connectivity index is 2.14. The molecule has 18 heavy (non-hydrogen) atoms. The molecule has 2 heterocycles. The number of hydrogen-bond donors (Lipinski definition) is 1. The van der Waals surface area contributed by atoms with Gasteiger partial charge < -0.3 is 5.32 Å². The summed E-state index contributed by atoms with van der Waals surface area (Å²) in [4.78, 5) is 2.54. The van der Waals surface area contributed by atoms with Crippen molar-refractivity contribution >= 4 is 15.9 Å². The van der Waals surface area contributed by atoms with Crippen LogP contribution in [0.4, 0.5) is 0 Å². The van der Waals surface area contributed by atoms with E-state index >= 15 is 0 Å². The van der Waals surface area contributed by atoms with E-state index < -0.39 is 0 Å². The van der Waals surface area contributed by atoms with Crippen LogP contribution in [0.25, 0.3) is 0 Å². The fourth-order valence-corrected chi connectivity index (χ4v) is 3.22. The van der Waals surface area contributed by atoms with Crippen molar-refractivity contribution in [3.05, 3.63) is 15.9 Å². The van der Waals surface area contributed by atoms with Gasteiger partial charge in [-0.25, -0.2) is 0 Å². The van der Waals surface area contributed by atoms with Gasteiger partial charge in [0.25, 0.3) is 0 Å². The van der Waals surface area contributed by atoms with Gasteiger partial charge in [0.05, 0.1) is 15.9 Å². The van der Waals surface area contributed by atoms with Crippen LogP contribution in [0.3, 0.4) is 0 Å². The molecule has 1 N–H and O–H groups in total. The summed E-state index contributed by atoms with van der Waals surface area (Å²) in [6.07, 6.45) is 2.20. The summed E-state index contributed by atoms with van der Waals surface area (Å²) in [6, 6.07) is 0.631. The van der Waals surface area contributed by atoms with Crippen molar-refractivity contribution < 1.29 is 0 Å². The second-order valence-electron chi connectivity index (χ2n) is 5.04. The van der Waals surface area contributed by atoms with E-state index in [1.807, 2.05) is 11.7 Å². The fourth-order valence-electron chi connectivity index (χ4n) is 2.48. The number of aromatic nitrogens is 2. The van der Waals surface area contributed by atoms with E-state index in [2.05, 4.69) is 45.1 Å². The maximum Gasteiger partial charge on any atom is 0.0767 e. The zero-order valence-corrected chi connectivity index (χ0v) is 13.1. The van der Waals surface area contributed by atoms with E-state index in [1.165, 1.54) is 16.6 Å². The molecule has 1 aromatic rings. The molecule has 0 aromatic carbocycles. The Hall–Kier alpha value is -0.390. The molecule has 1 unspecified atom stereocenters. The third kappa shape index (κ3) is 2.95. The lowest BCUT2D eigenvalue weighted by molar-refractivity contribution is 0.206. The minimum Gasteiger partial charge on any atom is -0.315 e. The zero-order chi connectivity index (χ0) is 13.1. The smallest absolute Gasteiger partial charge is 0.0767 e. The first-order valence-corrected chi connectivity index (χ1v) is 7.57. The highest BCUT2D eigenvalue weighted by atomic mass is 79.9. The van der Waals surface area contributed by atoms with Crippen molar-refractivity contribution in [3.63, 3.8) is 0 Å². The fraction of sp³-hybridized carbons (Fsp3) is 0.769. The monoisotopic (exact) mass is 314 g/mol. The molecule has 0 spiro atoms. The lowest BCUT2D eigenvalue weighted by atomic mass is 10.2. The van der Waals surface area contributed by atoms with Gasteiger partial charge in [-0.2, -0.15) is 5.10 Å². The van der Waals surface area contributed by atoms with Crippen LogP contribution in [-0.2, 0) is 20.0 Å². The van der Waals surface area contributed by atoms with Gasteiger partial charge in [0, 0.05) is 32.7 Å². The molecule has 1 aliphatic heterocycles. The number of rotatable bonds is 3. The maximum atomic E-state index is 4.57. The minimum absolute atomic E-state index is 0.631. The first-order valence-electron chi connectivity index (χ1n) is 6.78. The van der Waals surface area contributed by atoms with Crippen LogP contribution in [-0.4, -0.2) is 40.4 Å². The highest BCUT2D eigenvalue weighted by molar-refractivity contribution is 9.10. The molecule has 1 fully saturated rings. The van der Waals surface area contributed by atoms with Crippen LogP contribution in [0.2, 0.25) is 0 Å². The third-order valence-electron chi connectivity index (χ3n) is 3.79. The largest absolute Gasteiger partial charge is 0.315 e. The molecular weight excluding hydrogens is 292 g/mol. The van der Waals surface area contributed by atoms with Gasteiger partial charge in [-0.05, 0) is 42.2 Å². The van der Waals surface area contributed by atoms with Crippen molar-refractivity contribution in [2.75, 3.05) is 19.6 Å². The first-order chi connectivity index (χ1) is 8.63. The molecule has 4 nitrogen and oxygen atoms in total. The Kier molecular flexibility index (Phi) is 4.81. The molecule has 102 valence electrons. The van der Waals surface area contributed by atoms with Crippen LogP contribution in [0.5, 0.6) is 0 Å². The summed E-state index contributed by atoms with van der Waals surface area (Å²) in [5.74, 6) is 0. The average Bonchev–Trinajstić information content (AvgIpc) is 2.52. The standard InChI is InChI=1S/C13H23BrN4/c1-4-11-13(14)12(17(3)16-11)9-18-8-7-15-6-5-10(18)2/h10,15H,4-9H2,1-3H3. The number of hydrogen-bond acceptors (Lipinski definition) is 3. The third-order valence-corrected chi connectivity index (χ3v) is 4.71. The average molecular weight is 315 g/mol. The Labute approximate surface area is 118 Å². The molecule has 0 aliphatic carbocycles. The molecule has 1 saturated heterocycles. The maximum absolute atomic E-state index is 4.57. The normalized spacial score (nSPS) is 22.1. The molecule has 0 radical (unpaired) electrons. The number of aryl methyl sites for hydroxylation is 2. The van der Waals surface area contributed by atoms with E-state index in [0.29, 0.717) is 6.04 Å². The predicted molar refractivity (Wildman–Crippen MR) is 77.6 cm³/mol. The van der Waals surface area contributed by atoms with E-state index in [0.717, 1.165) is 38.3 Å². The van der Waals surface area contributed by atoms with Crippen LogP contribution >= 0.6 is 15.9 Å². The summed E-state index contributed by atoms with van der Waals surface area (Å²) in [5.41, 5.74) is 2.45. The topological polar surface area (TPSA) is 33.1 Å². The van der Waals surface area contributed by atoms with E-state index in [1.54, 1.807) is 0 Å². The summed E-state index contributed by atoms with van der Waals surface area (Å²) < 4.78 is 3.21.